The first-order valence-corrected chi connectivity index (χ1v) is 6.42. The summed E-state index contributed by atoms with van der Waals surface area (Å²) in [7, 11) is 2.05. The Kier molecular flexibility index (Phi) is 3.80. The highest BCUT2D eigenvalue weighted by Gasteiger charge is 2.17. The highest BCUT2D eigenvalue weighted by Crippen LogP contribution is 2.29. The molecular weight excluding hydrogens is 206 g/mol. The van der Waals surface area contributed by atoms with Gasteiger partial charge in [-0.15, -0.1) is 0 Å². The first-order chi connectivity index (χ1) is 8.27. The second kappa shape index (κ2) is 5.33. The quantitative estimate of drug-likeness (QED) is 0.827. The van der Waals surface area contributed by atoms with Gasteiger partial charge in [-0.05, 0) is 29.3 Å². The Morgan fingerprint density at radius 3 is 2.47 bits per heavy atom. The molecule has 0 amide bonds. The predicted molar refractivity (Wildman–Crippen MR) is 75.2 cm³/mol. The molecule has 0 aliphatic rings. The molecule has 2 rings (SSSR count). The van der Waals surface area contributed by atoms with Gasteiger partial charge in [-0.3, -0.25) is 0 Å². The lowest BCUT2D eigenvalue weighted by Crippen LogP contribution is -2.23. The van der Waals surface area contributed by atoms with Crippen molar-refractivity contribution in [1.29, 1.82) is 0 Å². The summed E-state index contributed by atoms with van der Waals surface area (Å²) < 4.78 is 0. The van der Waals surface area contributed by atoms with Crippen LogP contribution in [-0.2, 0) is 0 Å². The van der Waals surface area contributed by atoms with E-state index in [0.717, 1.165) is 0 Å². The minimum absolute atomic E-state index is 0.436. The fourth-order valence-electron chi connectivity index (χ4n) is 2.50. The van der Waals surface area contributed by atoms with Crippen LogP contribution in [0.4, 0.5) is 0 Å². The van der Waals surface area contributed by atoms with Crippen LogP contribution in [0.1, 0.15) is 31.9 Å². The molecule has 0 saturated carbocycles. The molecule has 0 spiro atoms. The van der Waals surface area contributed by atoms with Gasteiger partial charge in [0.15, 0.2) is 0 Å². The fraction of sp³-hybridized carbons (Fsp3) is 0.375. The molecule has 2 atom stereocenters. The third-order valence-electron chi connectivity index (χ3n) is 3.68. The molecule has 2 unspecified atom stereocenters. The Bertz CT molecular complexity index is 484. The molecular formula is C16H21N. The summed E-state index contributed by atoms with van der Waals surface area (Å²) in [5.41, 5.74) is 1.42. The van der Waals surface area contributed by atoms with Crippen LogP contribution in [0.5, 0.6) is 0 Å². The summed E-state index contributed by atoms with van der Waals surface area (Å²) in [6.45, 7) is 4.56. The van der Waals surface area contributed by atoms with Crippen molar-refractivity contribution in [2.75, 3.05) is 7.05 Å². The van der Waals surface area contributed by atoms with E-state index in [1.54, 1.807) is 0 Å². The van der Waals surface area contributed by atoms with E-state index in [9.17, 15) is 0 Å². The van der Waals surface area contributed by atoms with Crippen molar-refractivity contribution in [3.8, 4) is 0 Å². The number of hydrogen-bond donors (Lipinski definition) is 1. The van der Waals surface area contributed by atoms with Gasteiger partial charge < -0.3 is 5.32 Å². The van der Waals surface area contributed by atoms with Crippen molar-refractivity contribution in [2.45, 2.75) is 26.3 Å². The zero-order valence-electron chi connectivity index (χ0n) is 10.9. The topological polar surface area (TPSA) is 12.0 Å². The molecule has 1 N–H and O–H groups in total. The van der Waals surface area contributed by atoms with Crippen molar-refractivity contribution in [3.63, 3.8) is 0 Å². The number of nitrogens with one attached hydrogen (secondary N) is 1. The lowest BCUT2D eigenvalue weighted by atomic mass is 9.89. The van der Waals surface area contributed by atoms with E-state index in [1.807, 2.05) is 0 Å². The van der Waals surface area contributed by atoms with Gasteiger partial charge in [-0.1, -0.05) is 62.7 Å². The van der Waals surface area contributed by atoms with Crippen molar-refractivity contribution in [2.24, 2.45) is 5.92 Å². The van der Waals surface area contributed by atoms with E-state index in [2.05, 4.69) is 68.7 Å². The van der Waals surface area contributed by atoms with Gasteiger partial charge in [0.2, 0.25) is 0 Å². The van der Waals surface area contributed by atoms with Crippen molar-refractivity contribution in [1.82, 2.24) is 5.32 Å². The molecule has 0 fully saturated rings. The Morgan fingerprint density at radius 2 is 1.76 bits per heavy atom. The molecule has 0 bridgehead atoms. The van der Waals surface area contributed by atoms with E-state index in [-0.39, 0.29) is 0 Å². The molecule has 1 nitrogen and oxygen atoms in total. The molecule has 0 aliphatic heterocycles. The number of rotatable bonds is 4. The van der Waals surface area contributed by atoms with E-state index >= 15 is 0 Å². The number of fused-ring (bicyclic) bond motifs is 1. The highest BCUT2D eigenvalue weighted by molar-refractivity contribution is 5.86. The standard InChI is InChI=1S/C16H21N/c1-4-12(2)16(17-3)15-11-7-9-13-8-5-6-10-14(13)15/h5-12,16-17H,4H2,1-3H3. The van der Waals surface area contributed by atoms with E-state index < -0.39 is 0 Å². The minimum Gasteiger partial charge on any atom is -0.313 e. The van der Waals surface area contributed by atoms with Gasteiger partial charge in [-0.2, -0.15) is 0 Å². The molecule has 0 radical (unpaired) electrons. The molecule has 0 aromatic heterocycles. The summed E-state index contributed by atoms with van der Waals surface area (Å²) in [5.74, 6) is 0.644. The summed E-state index contributed by atoms with van der Waals surface area (Å²) in [5, 5.41) is 6.16. The van der Waals surface area contributed by atoms with Crippen LogP contribution in [0.3, 0.4) is 0 Å². The zero-order chi connectivity index (χ0) is 12.3. The second-order valence-corrected chi connectivity index (χ2v) is 4.72. The molecule has 0 aliphatic carbocycles. The van der Waals surface area contributed by atoms with Crippen LogP contribution in [0.15, 0.2) is 42.5 Å². The predicted octanol–water partition coefficient (Wildman–Crippen LogP) is 4.15. The van der Waals surface area contributed by atoms with Gasteiger partial charge in [0, 0.05) is 6.04 Å². The Balaban J connectivity index is 2.53. The summed E-state index contributed by atoms with van der Waals surface area (Å²) in [6.07, 6.45) is 1.19. The van der Waals surface area contributed by atoms with Gasteiger partial charge in [0.05, 0.1) is 0 Å². The maximum atomic E-state index is 3.46. The van der Waals surface area contributed by atoms with E-state index in [4.69, 9.17) is 0 Å². The first-order valence-electron chi connectivity index (χ1n) is 6.42. The van der Waals surface area contributed by atoms with Gasteiger partial charge in [0.1, 0.15) is 0 Å². The Hall–Kier alpha value is -1.34. The van der Waals surface area contributed by atoms with Crippen LogP contribution < -0.4 is 5.32 Å². The minimum atomic E-state index is 0.436. The SMILES string of the molecule is CCC(C)C(NC)c1cccc2ccccc12. The van der Waals surface area contributed by atoms with E-state index in [0.29, 0.717) is 12.0 Å². The molecule has 2 aromatic carbocycles. The number of benzene rings is 2. The second-order valence-electron chi connectivity index (χ2n) is 4.72. The van der Waals surface area contributed by atoms with Crippen molar-refractivity contribution >= 4 is 10.8 Å². The molecule has 0 saturated heterocycles. The Morgan fingerprint density at radius 1 is 1.06 bits per heavy atom. The lowest BCUT2D eigenvalue weighted by molar-refractivity contribution is 0.403. The van der Waals surface area contributed by atoms with Crippen LogP contribution in [0.25, 0.3) is 10.8 Å². The van der Waals surface area contributed by atoms with Crippen molar-refractivity contribution < 1.29 is 0 Å². The van der Waals surface area contributed by atoms with Gasteiger partial charge in [-0.25, -0.2) is 0 Å². The summed E-state index contributed by atoms with van der Waals surface area (Å²) in [4.78, 5) is 0. The maximum absolute atomic E-state index is 3.46. The Labute approximate surface area is 104 Å². The van der Waals surface area contributed by atoms with Crippen LogP contribution >= 0.6 is 0 Å². The molecule has 0 heterocycles. The largest absolute Gasteiger partial charge is 0.313 e. The number of hydrogen-bond acceptors (Lipinski definition) is 1. The van der Waals surface area contributed by atoms with Crippen LogP contribution in [-0.4, -0.2) is 7.05 Å². The summed E-state index contributed by atoms with van der Waals surface area (Å²) in [6, 6.07) is 15.6. The van der Waals surface area contributed by atoms with Gasteiger partial charge in [0.25, 0.3) is 0 Å². The van der Waals surface area contributed by atoms with Crippen molar-refractivity contribution in [3.05, 3.63) is 48.0 Å². The van der Waals surface area contributed by atoms with Gasteiger partial charge >= 0.3 is 0 Å². The molecule has 90 valence electrons. The zero-order valence-corrected chi connectivity index (χ0v) is 10.9. The van der Waals surface area contributed by atoms with Crippen LogP contribution in [0, 0.1) is 5.92 Å². The summed E-state index contributed by atoms with van der Waals surface area (Å²) >= 11 is 0. The molecule has 1 heteroatoms. The average Bonchev–Trinajstić information content (AvgIpc) is 2.39. The average molecular weight is 227 g/mol. The fourth-order valence-corrected chi connectivity index (χ4v) is 2.50. The molecule has 2 aromatic rings. The lowest BCUT2D eigenvalue weighted by Gasteiger charge is -2.24. The third-order valence-corrected chi connectivity index (χ3v) is 3.68. The first kappa shape index (κ1) is 12.1. The third kappa shape index (κ3) is 2.34. The monoisotopic (exact) mass is 227 g/mol. The smallest absolute Gasteiger partial charge is 0.0349 e. The normalized spacial score (nSPS) is 14.8. The maximum Gasteiger partial charge on any atom is 0.0349 e. The molecule has 17 heavy (non-hydrogen) atoms. The highest BCUT2D eigenvalue weighted by atomic mass is 14.9. The van der Waals surface area contributed by atoms with Crippen LogP contribution in [0.2, 0.25) is 0 Å². The van der Waals surface area contributed by atoms with E-state index in [1.165, 1.54) is 22.8 Å².